The number of carboxylic acid groups (broad SMARTS) is 1. The highest BCUT2D eigenvalue weighted by Crippen LogP contribution is 2.09. The van der Waals surface area contributed by atoms with E-state index in [2.05, 4.69) is 12.2 Å². The van der Waals surface area contributed by atoms with Gasteiger partial charge >= 0.3 is 5.97 Å². The standard InChI is InChI=1S/C18H32O3/c1-2-17(19)15-13-11-9-7-5-3-4-6-8-10-12-14-16-18(20)21/h3,5H,2,4,6-16H2,1H3,(H,20,21)/b5-3-. The molecule has 0 saturated heterocycles. The van der Waals surface area contributed by atoms with Crippen molar-refractivity contribution >= 4 is 11.8 Å². The summed E-state index contributed by atoms with van der Waals surface area (Å²) < 4.78 is 0. The Morgan fingerprint density at radius 2 is 1.24 bits per heavy atom. The molecule has 0 rings (SSSR count). The normalized spacial score (nSPS) is 11.1. The van der Waals surface area contributed by atoms with E-state index >= 15 is 0 Å². The molecule has 0 amide bonds. The van der Waals surface area contributed by atoms with Gasteiger partial charge in [-0.1, -0.05) is 44.8 Å². The van der Waals surface area contributed by atoms with Gasteiger partial charge in [0.15, 0.2) is 0 Å². The highest BCUT2D eigenvalue weighted by molar-refractivity contribution is 5.77. The summed E-state index contributed by atoms with van der Waals surface area (Å²) in [6.45, 7) is 1.93. The molecule has 0 fully saturated rings. The van der Waals surface area contributed by atoms with Crippen LogP contribution in [0.2, 0.25) is 0 Å². The van der Waals surface area contributed by atoms with Crippen LogP contribution in [0.3, 0.4) is 0 Å². The number of ketones is 1. The van der Waals surface area contributed by atoms with E-state index in [9.17, 15) is 9.59 Å². The van der Waals surface area contributed by atoms with E-state index in [4.69, 9.17) is 5.11 Å². The van der Waals surface area contributed by atoms with Gasteiger partial charge in [-0.15, -0.1) is 0 Å². The van der Waals surface area contributed by atoms with Crippen LogP contribution in [0.5, 0.6) is 0 Å². The summed E-state index contributed by atoms with van der Waals surface area (Å²) in [6.07, 6.45) is 17.3. The first kappa shape index (κ1) is 19.9. The van der Waals surface area contributed by atoms with Crippen molar-refractivity contribution < 1.29 is 14.7 Å². The minimum Gasteiger partial charge on any atom is -0.481 e. The molecule has 21 heavy (non-hydrogen) atoms. The zero-order chi connectivity index (χ0) is 15.8. The number of aliphatic carboxylic acids is 1. The van der Waals surface area contributed by atoms with E-state index < -0.39 is 5.97 Å². The Balaban J connectivity index is 3.15. The highest BCUT2D eigenvalue weighted by atomic mass is 16.4. The second-order valence-electron chi connectivity index (χ2n) is 5.66. The van der Waals surface area contributed by atoms with E-state index in [1.165, 1.54) is 19.3 Å². The Hall–Kier alpha value is -1.12. The van der Waals surface area contributed by atoms with Gasteiger partial charge in [0, 0.05) is 19.3 Å². The molecule has 0 spiro atoms. The fraction of sp³-hybridized carbons (Fsp3) is 0.778. The van der Waals surface area contributed by atoms with Gasteiger partial charge in [-0.2, -0.15) is 0 Å². The molecule has 0 aliphatic carbocycles. The molecular weight excluding hydrogens is 264 g/mol. The van der Waals surface area contributed by atoms with Crippen molar-refractivity contribution in [3.63, 3.8) is 0 Å². The first-order valence-electron chi connectivity index (χ1n) is 8.55. The number of hydrogen-bond acceptors (Lipinski definition) is 2. The van der Waals surface area contributed by atoms with E-state index in [0.29, 0.717) is 18.6 Å². The maximum Gasteiger partial charge on any atom is 0.303 e. The number of Topliss-reactive ketones (excluding diaryl/α,β-unsaturated/α-hetero) is 1. The summed E-state index contributed by atoms with van der Waals surface area (Å²) in [4.78, 5) is 21.4. The third-order valence-corrected chi connectivity index (χ3v) is 3.65. The molecule has 0 aromatic carbocycles. The van der Waals surface area contributed by atoms with Crippen molar-refractivity contribution in [2.45, 2.75) is 90.4 Å². The number of unbranched alkanes of at least 4 members (excludes halogenated alkanes) is 8. The number of carbonyl (C=O) groups excluding carboxylic acids is 1. The second-order valence-corrected chi connectivity index (χ2v) is 5.66. The molecule has 0 aliphatic heterocycles. The molecule has 3 heteroatoms. The molecule has 0 saturated carbocycles. The van der Waals surface area contributed by atoms with Crippen molar-refractivity contribution in [1.82, 2.24) is 0 Å². The minimum absolute atomic E-state index is 0.309. The molecule has 0 radical (unpaired) electrons. The van der Waals surface area contributed by atoms with Gasteiger partial charge in [-0.05, 0) is 38.5 Å². The van der Waals surface area contributed by atoms with Crippen LogP contribution in [-0.4, -0.2) is 16.9 Å². The van der Waals surface area contributed by atoms with Crippen molar-refractivity contribution in [3.8, 4) is 0 Å². The fourth-order valence-corrected chi connectivity index (χ4v) is 2.24. The van der Waals surface area contributed by atoms with E-state index in [1.807, 2.05) is 6.92 Å². The molecular formula is C18H32O3. The first-order chi connectivity index (χ1) is 10.2. The number of hydrogen-bond donors (Lipinski definition) is 1. The van der Waals surface area contributed by atoms with Gasteiger partial charge in [0.2, 0.25) is 0 Å². The summed E-state index contributed by atoms with van der Waals surface area (Å²) in [6, 6.07) is 0. The van der Waals surface area contributed by atoms with Crippen LogP contribution in [0.4, 0.5) is 0 Å². The molecule has 122 valence electrons. The van der Waals surface area contributed by atoms with Crippen LogP contribution in [0.1, 0.15) is 90.4 Å². The van der Waals surface area contributed by atoms with Gasteiger partial charge in [0.05, 0.1) is 0 Å². The summed E-state index contributed by atoms with van der Waals surface area (Å²) >= 11 is 0. The average Bonchev–Trinajstić information content (AvgIpc) is 2.46. The van der Waals surface area contributed by atoms with E-state index in [1.54, 1.807) is 0 Å². The highest BCUT2D eigenvalue weighted by Gasteiger charge is 1.97. The smallest absolute Gasteiger partial charge is 0.303 e. The fourth-order valence-electron chi connectivity index (χ4n) is 2.24. The SMILES string of the molecule is CCC(=O)CCCCC/C=C\CCCCCCCC(=O)O. The Kier molecular flexibility index (Phi) is 14.5. The molecule has 3 nitrogen and oxygen atoms in total. The maximum absolute atomic E-state index is 11.1. The Bertz CT molecular complexity index is 295. The number of carboxylic acids is 1. The topological polar surface area (TPSA) is 54.4 Å². The lowest BCUT2D eigenvalue weighted by atomic mass is 10.1. The van der Waals surface area contributed by atoms with Crippen LogP contribution in [0.25, 0.3) is 0 Å². The number of allylic oxidation sites excluding steroid dienone is 2. The zero-order valence-corrected chi connectivity index (χ0v) is 13.6. The van der Waals surface area contributed by atoms with Crippen molar-refractivity contribution in [2.24, 2.45) is 0 Å². The van der Waals surface area contributed by atoms with E-state index in [0.717, 1.165) is 51.4 Å². The van der Waals surface area contributed by atoms with Gasteiger partial charge < -0.3 is 5.11 Å². The minimum atomic E-state index is -0.683. The zero-order valence-electron chi connectivity index (χ0n) is 13.6. The summed E-state index contributed by atoms with van der Waals surface area (Å²) in [7, 11) is 0. The summed E-state index contributed by atoms with van der Waals surface area (Å²) in [5.41, 5.74) is 0. The van der Waals surface area contributed by atoms with Crippen LogP contribution in [0.15, 0.2) is 12.2 Å². The van der Waals surface area contributed by atoms with Crippen LogP contribution >= 0.6 is 0 Å². The predicted octanol–water partition coefficient (Wildman–Crippen LogP) is 5.29. The summed E-state index contributed by atoms with van der Waals surface area (Å²) in [5, 5.41) is 8.50. The van der Waals surface area contributed by atoms with Crippen LogP contribution in [0, 0.1) is 0 Å². The molecule has 0 aromatic rings. The third-order valence-electron chi connectivity index (χ3n) is 3.65. The largest absolute Gasteiger partial charge is 0.481 e. The van der Waals surface area contributed by atoms with Crippen molar-refractivity contribution in [3.05, 3.63) is 12.2 Å². The molecule has 1 N–H and O–H groups in total. The Morgan fingerprint density at radius 3 is 1.81 bits per heavy atom. The van der Waals surface area contributed by atoms with Gasteiger partial charge in [-0.3, -0.25) is 9.59 Å². The Labute approximate surface area is 129 Å². The maximum atomic E-state index is 11.1. The molecule has 0 aromatic heterocycles. The molecule has 0 bridgehead atoms. The molecule has 0 unspecified atom stereocenters. The van der Waals surface area contributed by atoms with Gasteiger partial charge in [0.25, 0.3) is 0 Å². The Morgan fingerprint density at radius 1 is 0.762 bits per heavy atom. The van der Waals surface area contributed by atoms with E-state index in [-0.39, 0.29) is 0 Å². The monoisotopic (exact) mass is 296 g/mol. The lowest BCUT2D eigenvalue weighted by molar-refractivity contribution is -0.137. The third kappa shape index (κ3) is 16.8. The van der Waals surface area contributed by atoms with Crippen LogP contribution in [-0.2, 0) is 9.59 Å². The molecule has 0 aliphatic rings. The number of rotatable bonds is 15. The first-order valence-corrected chi connectivity index (χ1v) is 8.55. The predicted molar refractivity (Wildman–Crippen MR) is 87.5 cm³/mol. The van der Waals surface area contributed by atoms with Crippen molar-refractivity contribution in [2.75, 3.05) is 0 Å². The average molecular weight is 296 g/mol. The molecule has 0 atom stereocenters. The molecule has 0 heterocycles. The lowest BCUT2D eigenvalue weighted by Crippen LogP contribution is -1.93. The second kappa shape index (κ2) is 15.3. The quantitative estimate of drug-likeness (QED) is 0.330. The number of carbonyl (C=O) groups is 2. The van der Waals surface area contributed by atoms with Crippen molar-refractivity contribution in [1.29, 1.82) is 0 Å². The van der Waals surface area contributed by atoms with Gasteiger partial charge in [0.1, 0.15) is 5.78 Å². The van der Waals surface area contributed by atoms with Gasteiger partial charge in [-0.25, -0.2) is 0 Å². The van der Waals surface area contributed by atoms with Crippen LogP contribution < -0.4 is 0 Å². The summed E-state index contributed by atoms with van der Waals surface area (Å²) in [5.74, 6) is -0.300. The lowest BCUT2D eigenvalue weighted by Gasteiger charge is -1.99.